The lowest BCUT2D eigenvalue weighted by molar-refractivity contribution is -0.143. The number of furan rings is 1. The van der Waals surface area contributed by atoms with Crippen LogP contribution >= 0.6 is 15.9 Å². The molecule has 204 valence electrons. The molecule has 6 rings (SSSR count). The van der Waals surface area contributed by atoms with Gasteiger partial charge in [0.15, 0.2) is 5.76 Å². The number of esters is 1. The smallest absolute Gasteiger partial charge is 0.325 e. The van der Waals surface area contributed by atoms with Gasteiger partial charge in [-0.05, 0) is 73.9 Å². The number of hydrogen-bond acceptors (Lipinski definition) is 5. The average Bonchev–Trinajstić information content (AvgIpc) is 3.52. The summed E-state index contributed by atoms with van der Waals surface area (Å²) in [7, 11) is 0. The summed E-state index contributed by atoms with van der Waals surface area (Å²) in [5, 5.41) is 1.93. The number of halogens is 1. The molecule has 5 aromatic rings. The lowest BCUT2D eigenvalue weighted by Crippen LogP contribution is -2.41. The van der Waals surface area contributed by atoms with Gasteiger partial charge >= 0.3 is 5.97 Å². The van der Waals surface area contributed by atoms with Crippen LogP contribution in [0.15, 0.2) is 81.7 Å². The lowest BCUT2D eigenvalue weighted by Gasteiger charge is -2.37. The van der Waals surface area contributed by atoms with Gasteiger partial charge in [0.05, 0.1) is 19.3 Å². The Hall–Kier alpha value is -4.04. The zero-order valence-electron chi connectivity index (χ0n) is 22.4. The Morgan fingerprint density at radius 3 is 2.58 bits per heavy atom. The Bertz CT molecular complexity index is 1720. The van der Waals surface area contributed by atoms with Gasteiger partial charge in [-0.25, -0.2) is 0 Å². The van der Waals surface area contributed by atoms with Crippen molar-refractivity contribution in [3.8, 4) is 5.75 Å². The summed E-state index contributed by atoms with van der Waals surface area (Å²) in [4.78, 5) is 28.8. The minimum Gasteiger partial charge on any atom is -0.494 e. The quantitative estimate of drug-likeness (QED) is 0.190. The summed E-state index contributed by atoms with van der Waals surface area (Å²) in [5.74, 6) is 0.517. The molecule has 3 aromatic carbocycles. The predicted molar refractivity (Wildman–Crippen MR) is 157 cm³/mol. The number of amides is 1. The maximum atomic E-state index is 14.2. The number of fused-ring (bicyclic) bond motifs is 4. The molecule has 40 heavy (non-hydrogen) atoms. The van der Waals surface area contributed by atoms with E-state index in [-0.39, 0.29) is 24.2 Å². The molecule has 0 bridgehead atoms. The Kier molecular flexibility index (Phi) is 7.11. The first-order chi connectivity index (χ1) is 19.5. The lowest BCUT2D eigenvalue weighted by atomic mass is 9.91. The van der Waals surface area contributed by atoms with E-state index in [9.17, 15) is 9.59 Å². The standard InChI is InChI=1S/C32H29BrN2O5/c1-3-38-23-12-9-20(10-13-23)30-31-25(24-7-5-6-8-26(24)35(31)19-29(36)39-4-2)15-16-34(30)32(37)28-18-21-17-22(33)11-14-27(21)40-28/h5-14,17-18,30H,3-4,15-16,19H2,1-2H3. The second-order valence-corrected chi connectivity index (χ2v) is 10.6. The van der Waals surface area contributed by atoms with E-state index in [1.807, 2.05) is 77.1 Å². The van der Waals surface area contributed by atoms with Crippen molar-refractivity contribution in [3.63, 3.8) is 0 Å². The van der Waals surface area contributed by atoms with E-state index in [1.165, 1.54) is 0 Å². The van der Waals surface area contributed by atoms with Crippen LogP contribution in [0, 0.1) is 0 Å². The molecule has 0 N–H and O–H groups in total. The molecule has 0 fully saturated rings. The van der Waals surface area contributed by atoms with Crippen LogP contribution in [-0.4, -0.2) is 41.1 Å². The highest BCUT2D eigenvalue weighted by molar-refractivity contribution is 9.10. The van der Waals surface area contributed by atoms with Crippen LogP contribution in [0.25, 0.3) is 21.9 Å². The summed E-state index contributed by atoms with van der Waals surface area (Å²) in [5.41, 5.74) is 4.57. The number of carbonyl (C=O) groups is 2. The van der Waals surface area contributed by atoms with Crippen LogP contribution < -0.4 is 4.74 Å². The highest BCUT2D eigenvalue weighted by atomic mass is 79.9. The third-order valence-corrected chi connectivity index (χ3v) is 7.84. The number of nitrogens with zero attached hydrogens (tertiary/aromatic N) is 2. The molecule has 2 aromatic heterocycles. The molecule has 0 saturated carbocycles. The van der Waals surface area contributed by atoms with Gasteiger partial charge in [-0.1, -0.05) is 46.3 Å². The van der Waals surface area contributed by atoms with Gasteiger partial charge in [-0.15, -0.1) is 0 Å². The maximum absolute atomic E-state index is 14.2. The van der Waals surface area contributed by atoms with E-state index in [0.29, 0.717) is 31.8 Å². The van der Waals surface area contributed by atoms with Crippen LogP contribution in [0.5, 0.6) is 5.75 Å². The van der Waals surface area contributed by atoms with Crippen molar-refractivity contribution in [2.24, 2.45) is 0 Å². The molecule has 1 unspecified atom stereocenters. The van der Waals surface area contributed by atoms with Gasteiger partial charge in [-0.2, -0.15) is 0 Å². The summed E-state index contributed by atoms with van der Waals surface area (Å²) in [6.07, 6.45) is 0.650. The molecular weight excluding hydrogens is 572 g/mol. The van der Waals surface area contributed by atoms with Gasteiger partial charge in [0.1, 0.15) is 17.9 Å². The molecule has 7 nitrogen and oxygen atoms in total. The first kappa shape index (κ1) is 26.2. The molecule has 8 heteroatoms. The molecule has 1 amide bonds. The van der Waals surface area contributed by atoms with E-state index in [2.05, 4.69) is 22.0 Å². The summed E-state index contributed by atoms with van der Waals surface area (Å²) < 4.78 is 20.0. The minimum atomic E-state index is -0.450. The second kappa shape index (κ2) is 10.8. The van der Waals surface area contributed by atoms with Crippen LogP contribution in [-0.2, 0) is 22.5 Å². The number of benzene rings is 3. The van der Waals surface area contributed by atoms with E-state index in [4.69, 9.17) is 13.9 Å². The number of ether oxygens (including phenoxy) is 2. The molecule has 0 spiro atoms. The third-order valence-electron chi connectivity index (χ3n) is 7.34. The fraction of sp³-hybridized carbons (Fsp3) is 0.250. The highest BCUT2D eigenvalue weighted by Crippen LogP contribution is 2.42. The molecular formula is C32H29BrN2O5. The van der Waals surface area contributed by atoms with E-state index in [1.54, 1.807) is 13.0 Å². The highest BCUT2D eigenvalue weighted by Gasteiger charge is 2.38. The van der Waals surface area contributed by atoms with E-state index < -0.39 is 6.04 Å². The van der Waals surface area contributed by atoms with Crippen molar-refractivity contribution < 1.29 is 23.5 Å². The van der Waals surface area contributed by atoms with Crippen LogP contribution in [0.3, 0.4) is 0 Å². The SMILES string of the molecule is CCOC(=O)Cn1c2c(c3ccccc31)CCN(C(=O)c1cc3cc(Br)ccc3o1)C2c1ccc(OCC)cc1. The van der Waals surface area contributed by atoms with Crippen molar-refractivity contribution in [3.05, 3.63) is 99.9 Å². The van der Waals surface area contributed by atoms with Gasteiger partial charge in [-0.3, -0.25) is 9.59 Å². The van der Waals surface area contributed by atoms with Crippen molar-refractivity contribution in [1.29, 1.82) is 0 Å². The van der Waals surface area contributed by atoms with E-state index >= 15 is 0 Å². The van der Waals surface area contributed by atoms with Gasteiger partial charge in [0, 0.05) is 33.0 Å². The van der Waals surface area contributed by atoms with Gasteiger partial charge in [0.2, 0.25) is 0 Å². The number of carbonyl (C=O) groups excluding carboxylic acids is 2. The zero-order chi connectivity index (χ0) is 27.8. The molecule has 0 aliphatic carbocycles. The van der Waals surface area contributed by atoms with Gasteiger partial charge < -0.3 is 23.4 Å². The fourth-order valence-electron chi connectivity index (χ4n) is 5.72. The number of para-hydroxylation sites is 1. The molecule has 0 saturated heterocycles. The molecule has 1 aliphatic rings. The normalized spacial score (nSPS) is 14.9. The van der Waals surface area contributed by atoms with Crippen molar-refractivity contribution >= 4 is 49.7 Å². The Balaban J connectivity index is 1.52. The number of rotatable bonds is 7. The topological polar surface area (TPSA) is 73.9 Å². The first-order valence-corrected chi connectivity index (χ1v) is 14.3. The second-order valence-electron chi connectivity index (χ2n) is 9.72. The van der Waals surface area contributed by atoms with Crippen LogP contribution in [0.2, 0.25) is 0 Å². The summed E-state index contributed by atoms with van der Waals surface area (Å²) in [6.45, 7) is 5.16. The molecule has 1 aliphatic heterocycles. The number of hydrogen-bond donors (Lipinski definition) is 0. The Morgan fingerprint density at radius 2 is 1.80 bits per heavy atom. The summed E-state index contributed by atoms with van der Waals surface area (Å²) in [6, 6.07) is 22.9. The molecule has 3 heterocycles. The van der Waals surface area contributed by atoms with E-state index in [0.717, 1.165) is 43.3 Å². The summed E-state index contributed by atoms with van der Waals surface area (Å²) >= 11 is 3.50. The third kappa shape index (κ3) is 4.66. The van der Waals surface area contributed by atoms with Crippen molar-refractivity contribution in [2.45, 2.75) is 32.9 Å². The Morgan fingerprint density at radius 1 is 1.00 bits per heavy atom. The average molecular weight is 601 g/mol. The monoisotopic (exact) mass is 600 g/mol. The number of aromatic nitrogens is 1. The Labute approximate surface area is 240 Å². The fourth-order valence-corrected chi connectivity index (χ4v) is 6.09. The first-order valence-electron chi connectivity index (χ1n) is 13.5. The maximum Gasteiger partial charge on any atom is 0.325 e. The largest absolute Gasteiger partial charge is 0.494 e. The zero-order valence-corrected chi connectivity index (χ0v) is 23.9. The predicted octanol–water partition coefficient (Wildman–Crippen LogP) is 6.90. The van der Waals surface area contributed by atoms with Gasteiger partial charge in [0.25, 0.3) is 5.91 Å². The molecule has 0 radical (unpaired) electrons. The van der Waals surface area contributed by atoms with Crippen LogP contribution in [0.4, 0.5) is 0 Å². The molecule has 1 atom stereocenters. The minimum absolute atomic E-state index is 0.0535. The van der Waals surface area contributed by atoms with Crippen LogP contribution in [0.1, 0.15) is 47.3 Å². The van der Waals surface area contributed by atoms with Crippen molar-refractivity contribution in [2.75, 3.05) is 19.8 Å². The van der Waals surface area contributed by atoms with Crippen molar-refractivity contribution in [1.82, 2.24) is 9.47 Å².